The highest BCUT2D eigenvalue weighted by Crippen LogP contribution is 2.29. The molecule has 0 amide bonds. The summed E-state index contributed by atoms with van der Waals surface area (Å²) in [4.78, 5) is 0. The summed E-state index contributed by atoms with van der Waals surface area (Å²) in [6.45, 7) is 0.741. The Kier molecular flexibility index (Phi) is 7.04. The van der Waals surface area contributed by atoms with Gasteiger partial charge in [-0.2, -0.15) is 8.78 Å². The van der Waals surface area contributed by atoms with Crippen LogP contribution < -0.4 is 9.46 Å². The number of nitrogens with one attached hydrogen (secondary N) is 1. The molecule has 1 rings (SSSR count). The smallest absolute Gasteiger partial charge is 0.387 e. The van der Waals surface area contributed by atoms with Crippen LogP contribution in [0.15, 0.2) is 24.3 Å². The second-order valence-electron chi connectivity index (χ2n) is 4.67. The lowest BCUT2D eigenvalue weighted by Crippen LogP contribution is -2.30. The fraction of sp³-hybridized carbons (Fsp3) is 0.571. The number of hydrogen-bond donors (Lipinski definition) is 1. The zero-order valence-corrected chi connectivity index (χ0v) is 13.0. The minimum absolute atomic E-state index is 0.00228. The number of ether oxygens (including phenoxy) is 1. The van der Waals surface area contributed by atoms with Crippen LogP contribution in [0.4, 0.5) is 8.78 Å². The first kappa shape index (κ1) is 17.8. The fourth-order valence-corrected chi connectivity index (χ4v) is 3.46. The van der Waals surface area contributed by atoms with E-state index < -0.39 is 22.7 Å². The molecule has 1 aromatic rings. The first-order valence-corrected chi connectivity index (χ1v) is 8.58. The van der Waals surface area contributed by atoms with Crippen LogP contribution in [0.25, 0.3) is 0 Å². The molecule has 0 saturated carbocycles. The Labute approximate surface area is 124 Å². The molecule has 0 unspecified atom stereocenters. The number of rotatable bonds is 9. The van der Waals surface area contributed by atoms with E-state index in [9.17, 15) is 17.2 Å². The molecule has 1 N–H and O–H groups in total. The zero-order chi connectivity index (χ0) is 15.9. The van der Waals surface area contributed by atoms with E-state index in [-0.39, 0.29) is 11.5 Å². The van der Waals surface area contributed by atoms with Gasteiger partial charge in [-0.05, 0) is 18.9 Å². The Balaban J connectivity index is 2.95. The lowest BCUT2D eigenvalue weighted by Gasteiger charge is -2.20. The molecular weight excluding hydrogens is 300 g/mol. The molecule has 1 atom stereocenters. The standard InChI is InChI=1S/C14H21F2NO3S/c1-3-5-10-21(18,19)17-12(4-2)11-8-6-7-9-13(11)20-14(15)16/h6-9,12,14,17H,3-5,10H2,1-2H3/t12-/m0/s1. The largest absolute Gasteiger partial charge is 0.434 e. The SMILES string of the molecule is CCCCS(=O)(=O)N[C@@H](CC)c1ccccc1OC(F)F. The maximum atomic E-state index is 12.4. The van der Waals surface area contributed by atoms with Crippen LogP contribution in [0.5, 0.6) is 5.75 Å². The summed E-state index contributed by atoms with van der Waals surface area (Å²) in [5, 5.41) is 0. The van der Waals surface area contributed by atoms with Gasteiger partial charge in [-0.1, -0.05) is 38.5 Å². The molecule has 120 valence electrons. The lowest BCUT2D eigenvalue weighted by atomic mass is 10.0. The molecule has 0 saturated heterocycles. The van der Waals surface area contributed by atoms with Crippen molar-refractivity contribution >= 4 is 10.0 Å². The molecule has 0 aliphatic heterocycles. The van der Waals surface area contributed by atoms with Crippen LogP contribution in [0.1, 0.15) is 44.7 Å². The highest BCUT2D eigenvalue weighted by atomic mass is 32.2. The second kappa shape index (κ2) is 8.29. The normalized spacial score (nSPS) is 13.4. The molecule has 0 heterocycles. The third-order valence-electron chi connectivity index (χ3n) is 3.01. The predicted octanol–water partition coefficient (Wildman–Crippen LogP) is 3.46. The molecule has 0 aliphatic carbocycles. The summed E-state index contributed by atoms with van der Waals surface area (Å²) < 4.78 is 55.8. The number of para-hydroxylation sites is 1. The van der Waals surface area contributed by atoms with Crippen molar-refractivity contribution < 1.29 is 21.9 Å². The topological polar surface area (TPSA) is 55.4 Å². The summed E-state index contributed by atoms with van der Waals surface area (Å²) in [5.74, 6) is 0.0234. The molecule has 0 aromatic heterocycles. The number of alkyl halides is 2. The van der Waals surface area contributed by atoms with Crippen molar-refractivity contribution in [3.8, 4) is 5.75 Å². The monoisotopic (exact) mass is 321 g/mol. The predicted molar refractivity (Wildman–Crippen MR) is 77.9 cm³/mol. The summed E-state index contributed by atoms with van der Waals surface area (Å²) in [6, 6.07) is 5.65. The Morgan fingerprint density at radius 2 is 1.90 bits per heavy atom. The van der Waals surface area contributed by atoms with Crippen LogP contribution >= 0.6 is 0 Å². The van der Waals surface area contributed by atoms with Crippen LogP contribution in [0.3, 0.4) is 0 Å². The van der Waals surface area contributed by atoms with Crippen molar-refractivity contribution in [2.45, 2.75) is 45.8 Å². The van der Waals surface area contributed by atoms with E-state index in [0.717, 1.165) is 6.42 Å². The molecular formula is C14H21F2NO3S. The Morgan fingerprint density at radius 1 is 1.24 bits per heavy atom. The van der Waals surface area contributed by atoms with Crippen molar-refractivity contribution in [3.05, 3.63) is 29.8 Å². The van der Waals surface area contributed by atoms with E-state index in [0.29, 0.717) is 18.4 Å². The third kappa shape index (κ3) is 5.97. The van der Waals surface area contributed by atoms with Crippen molar-refractivity contribution in [2.75, 3.05) is 5.75 Å². The average molecular weight is 321 g/mol. The minimum Gasteiger partial charge on any atom is -0.434 e. The first-order chi connectivity index (χ1) is 9.89. The summed E-state index contributed by atoms with van der Waals surface area (Å²) in [7, 11) is -3.44. The maximum Gasteiger partial charge on any atom is 0.387 e. The lowest BCUT2D eigenvalue weighted by molar-refractivity contribution is -0.0506. The van der Waals surface area contributed by atoms with Crippen molar-refractivity contribution in [1.82, 2.24) is 4.72 Å². The average Bonchev–Trinajstić information content (AvgIpc) is 2.43. The van der Waals surface area contributed by atoms with Gasteiger partial charge < -0.3 is 4.74 Å². The van der Waals surface area contributed by atoms with Crippen LogP contribution in [-0.2, 0) is 10.0 Å². The molecule has 4 nitrogen and oxygen atoms in total. The van der Waals surface area contributed by atoms with Gasteiger partial charge in [0.2, 0.25) is 10.0 Å². The van der Waals surface area contributed by atoms with Gasteiger partial charge in [-0.3, -0.25) is 0 Å². The minimum atomic E-state index is -3.44. The quantitative estimate of drug-likeness (QED) is 0.758. The molecule has 0 aliphatic rings. The summed E-state index contributed by atoms with van der Waals surface area (Å²) >= 11 is 0. The number of hydrogen-bond acceptors (Lipinski definition) is 3. The molecule has 0 spiro atoms. The van der Waals surface area contributed by atoms with Crippen LogP contribution in [-0.4, -0.2) is 20.8 Å². The Hall–Kier alpha value is -1.21. The molecule has 0 fully saturated rings. The molecule has 0 radical (unpaired) electrons. The fourth-order valence-electron chi connectivity index (χ4n) is 1.95. The highest BCUT2D eigenvalue weighted by Gasteiger charge is 2.21. The van der Waals surface area contributed by atoms with Crippen molar-refractivity contribution in [1.29, 1.82) is 0 Å². The first-order valence-electron chi connectivity index (χ1n) is 6.93. The van der Waals surface area contributed by atoms with Gasteiger partial charge in [0.25, 0.3) is 0 Å². The molecule has 21 heavy (non-hydrogen) atoms. The molecule has 1 aromatic carbocycles. The van der Waals surface area contributed by atoms with E-state index in [1.54, 1.807) is 25.1 Å². The Bertz CT molecular complexity index is 535. The van der Waals surface area contributed by atoms with Crippen molar-refractivity contribution in [3.63, 3.8) is 0 Å². The van der Waals surface area contributed by atoms with E-state index in [2.05, 4.69) is 9.46 Å². The van der Waals surface area contributed by atoms with Crippen molar-refractivity contribution in [2.24, 2.45) is 0 Å². The number of halogens is 2. The molecule has 7 heteroatoms. The van der Waals surface area contributed by atoms with Gasteiger partial charge >= 0.3 is 6.61 Å². The summed E-state index contributed by atoms with van der Waals surface area (Å²) in [6.07, 6.45) is 1.76. The van der Waals surface area contributed by atoms with Crippen LogP contribution in [0.2, 0.25) is 0 Å². The van der Waals surface area contributed by atoms with Gasteiger partial charge in [0.15, 0.2) is 0 Å². The number of unbranched alkanes of at least 4 members (excludes halogenated alkanes) is 1. The van der Waals surface area contributed by atoms with Gasteiger partial charge in [-0.25, -0.2) is 13.1 Å². The highest BCUT2D eigenvalue weighted by molar-refractivity contribution is 7.89. The van der Waals surface area contributed by atoms with Gasteiger partial charge in [0, 0.05) is 5.56 Å². The van der Waals surface area contributed by atoms with E-state index in [4.69, 9.17) is 0 Å². The Morgan fingerprint density at radius 3 is 2.48 bits per heavy atom. The van der Waals surface area contributed by atoms with Gasteiger partial charge in [0.1, 0.15) is 5.75 Å². The summed E-state index contributed by atoms with van der Waals surface area (Å²) in [5.41, 5.74) is 0.417. The van der Waals surface area contributed by atoms with Crippen LogP contribution in [0, 0.1) is 0 Å². The number of sulfonamides is 1. The van der Waals surface area contributed by atoms with E-state index in [1.807, 2.05) is 6.92 Å². The van der Waals surface area contributed by atoms with E-state index in [1.165, 1.54) is 6.07 Å². The van der Waals surface area contributed by atoms with Gasteiger partial charge in [0.05, 0.1) is 11.8 Å². The zero-order valence-electron chi connectivity index (χ0n) is 12.2. The number of benzene rings is 1. The van der Waals surface area contributed by atoms with Gasteiger partial charge in [-0.15, -0.1) is 0 Å². The third-order valence-corrected chi connectivity index (χ3v) is 4.48. The second-order valence-corrected chi connectivity index (χ2v) is 6.54. The maximum absolute atomic E-state index is 12.4. The van der Waals surface area contributed by atoms with E-state index >= 15 is 0 Å². The molecule has 0 bridgehead atoms.